The highest BCUT2D eigenvalue weighted by molar-refractivity contribution is 5.91. The Labute approximate surface area is 189 Å². The molecule has 1 aliphatic heterocycles. The Hall–Kier alpha value is -3.23. The maximum Gasteiger partial charge on any atom is 0.319 e. The number of urea groups is 1. The summed E-state index contributed by atoms with van der Waals surface area (Å²) in [7, 11) is 4.82. The van der Waals surface area contributed by atoms with Gasteiger partial charge < -0.3 is 29.6 Å². The van der Waals surface area contributed by atoms with Crippen LogP contribution < -0.4 is 24.8 Å². The molecule has 0 radical (unpaired) electrons. The summed E-state index contributed by atoms with van der Waals surface area (Å²) in [5, 5.41) is 5.78. The molecule has 1 heterocycles. The highest BCUT2D eigenvalue weighted by Gasteiger charge is 2.11. The second-order valence-electron chi connectivity index (χ2n) is 7.27. The summed E-state index contributed by atoms with van der Waals surface area (Å²) in [6.45, 7) is 4.62. The van der Waals surface area contributed by atoms with Crippen molar-refractivity contribution in [3.63, 3.8) is 0 Å². The van der Waals surface area contributed by atoms with E-state index < -0.39 is 0 Å². The fourth-order valence-electron chi connectivity index (χ4n) is 3.36. The molecule has 0 atom stereocenters. The van der Waals surface area contributed by atoms with Gasteiger partial charge in [0.2, 0.25) is 0 Å². The normalized spacial score (nSPS) is 14.2. The van der Waals surface area contributed by atoms with Crippen molar-refractivity contribution < 1.29 is 23.7 Å². The van der Waals surface area contributed by atoms with Crippen LogP contribution in [-0.4, -0.2) is 71.7 Å². The van der Waals surface area contributed by atoms with Gasteiger partial charge in [0.25, 0.3) is 0 Å². The van der Waals surface area contributed by atoms with Crippen molar-refractivity contribution in [3.05, 3.63) is 47.5 Å². The summed E-state index contributed by atoms with van der Waals surface area (Å²) in [5.41, 5.74) is 2.45. The summed E-state index contributed by atoms with van der Waals surface area (Å²) in [6.07, 6.45) is 3.91. The van der Waals surface area contributed by atoms with Crippen LogP contribution in [0.1, 0.15) is 11.1 Å². The van der Waals surface area contributed by atoms with E-state index in [0.29, 0.717) is 18.0 Å². The number of hydrogen-bond donors (Lipinski definition) is 2. The zero-order chi connectivity index (χ0) is 22.8. The Bertz CT molecular complexity index is 904. The highest BCUT2D eigenvalue weighted by atomic mass is 16.5. The van der Waals surface area contributed by atoms with Gasteiger partial charge in [-0.1, -0.05) is 18.2 Å². The number of nitrogens with zero attached hydrogens (tertiary/aromatic N) is 1. The van der Waals surface area contributed by atoms with Crippen LogP contribution in [-0.2, 0) is 4.74 Å². The molecule has 0 spiro atoms. The Morgan fingerprint density at radius 2 is 1.66 bits per heavy atom. The molecule has 1 saturated heterocycles. The minimum atomic E-state index is -0.268. The van der Waals surface area contributed by atoms with Crippen molar-refractivity contribution in [2.75, 3.05) is 66.0 Å². The molecule has 0 unspecified atom stereocenters. The number of nitrogens with one attached hydrogen (secondary N) is 2. The number of carbonyl (C=O) groups excluding carboxylic acids is 1. The van der Waals surface area contributed by atoms with E-state index in [1.54, 1.807) is 21.3 Å². The van der Waals surface area contributed by atoms with Crippen LogP contribution in [0.2, 0.25) is 0 Å². The van der Waals surface area contributed by atoms with Crippen LogP contribution in [0.15, 0.2) is 36.4 Å². The Morgan fingerprint density at radius 1 is 0.969 bits per heavy atom. The molecule has 1 aliphatic rings. The van der Waals surface area contributed by atoms with Gasteiger partial charge in [-0.3, -0.25) is 4.90 Å². The van der Waals surface area contributed by atoms with Gasteiger partial charge in [-0.15, -0.1) is 0 Å². The topological polar surface area (TPSA) is 81.3 Å². The maximum atomic E-state index is 12.4. The third kappa shape index (κ3) is 6.90. The zero-order valence-corrected chi connectivity index (χ0v) is 18.8. The number of anilines is 1. The lowest BCUT2D eigenvalue weighted by atomic mass is 10.1. The number of hydrogen-bond acceptors (Lipinski definition) is 6. The predicted molar refractivity (Wildman–Crippen MR) is 126 cm³/mol. The van der Waals surface area contributed by atoms with Gasteiger partial charge in [0.1, 0.15) is 17.2 Å². The van der Waals surface area contributed by atoms with E-state index in [-0.39, 0.29) is 6.03 Å². The van der Waals surface area contributed by atoms with Gasteiger partial charge >= 0.3 is 6.03 Å². The number of amides is 2. The molecule has 0 saturated carbocycles. The van der Waals surface area contributed by atoms with E-state index in [2.05, 4.69) is 15.5 Å². The van der Waals surface area contributed by atoms with Crippen LogP contribution in [0.25, 0.3) is 12.2 Å². The lowest BCUT2D eigenvalue weighted by Crippen LogP contribution is -2.42. The molecule has 0 aromatic heterocycles. The van der Waals surface area contributed by atoms with Crippen LogP contribution in [0.5, 0.6) is 17.2 Å². The number of methoxy groups -OCH3 is 3. The zero-order valence-electron chi connectivity index (χ0n) is 18.8. The molecule has 2 aromatic rings. The molecule has 8 nitrogen and oxygen atoms in total. The molecule has 1 fully saturated rings. The van der Waals surface area contributed by atoms with Crippen molar-refractivity contribution in [1.29, 1.82) is 0 Å². The number of carbonyl (C=O) groups is 1. The minimum Gasteiger partial charge on any atom is -0.497 e. The molecule has 0 aliphatic carbocycles. The monoisotopic (exact) mass is 441 g/mol. The lowest BCUT2D eigenvalue weighted by molar-refractivity contribution is 0.0388. The SMILES string of the molecule is COc1cc(/C=C/c2ccc(OC)c(NC(=O)NCCN3CCOCC3)c2)cc(OC)c1. The number of rotatable bonds is 9. The first-order valence-corrected chi connectivity index (χ1v) is 10.6. The van der Waals surface area contributed by atoms with Gasteiger partial charge in [-0.2, -0.15) is 0 Å². The number of benzene rings is 2. The fraction of sp³-hybridized carbons (Fsp3) is 0.375. The van der Waals surface area contributed by atoms with Gasteiger partial charge in [0.05, 0.1) is 40.2 Å². The summed E-state index contributed by atoms with van der Waals surface area (Å²) < 4.78 is 21.4. The van der Waals surface area contributed by atoms with Crippen molar-refractivity contribution in [1.82, 2.24) is 10.2 Å². The summed E-state index contributed by atoms with van der Waals surface area (Å²) in [5.74, 6) is 2.03. The molecule has 8 heteroatoms. The third-order valence-electron chi connectivity index (χ3n) is 5.13. The van der Waals surface area contributed by atoms with Gasteiger partial charge in [-0.25, -0.2) is 4.79 Å². The summed E-state index contributed by atoms with van der Waals surface area (Å²) in [6, 6.07) is 11.0. The van der Waals surface area contributed by atoms with Crippen LogP contribution >= 0.6 is 0 Å². The smallest absolute Gasteiger partial charge is 0.319 e. The lowest BCUT2D eigenvalue weighted by Gasteiger charge is -2.26. The van der Waals surface area contributed by atoms with Gasteiger partial charge in [0.15, 0.2) is 0 Å². The van der Waals surface area contributed by atoms with E-state index in [4.69, 9.17) is 18.9 Å². The third-order valence-corrected chi connectivity index (χ3v) is 5.13. The molecule has 0 bridgehead atoms. The van der Waals surface area contributed by atoms with Gasteiger partial charge in [-0.05, 0) is 35.4 Å². The van der Waals surface area contributed by atoms with Crippen molar-refractivity contribution in [3.8, 4) is 17.2 Å². The molecule has 2 aromatic carbocycles. The quantitative estimate of drug-likeness (QED) is 0.581. The molecular formula is C24H31N3O5. The highest BCUT2D eigenvalue weighted by Crippen LogP contribution is 2.27. The van der Waals surface area contributed by atoms with Crippen molar-refractivity contribution >= 4 is 23.9 Å². The number of morpholine rings is 1. The standard InChI is InChI=1S/C24H31N3O5/c1-29-20-14-19(15-21(17-20)30-2)5-4-18-6-7-23(31-3)22(16-18)26-24(28)25-8-9-27-10-12-32-13-11-27/h4-7,14-17H,8-13H2,1-3H3,(H2,25,26,28)/b5-4+. The Kier molecular flexibility index (Phi) is 8.77. The van der Waals surface area contributed by atoms with E-state index in [1.807, 2.05) is 48.6 Å². The predicted octanol–water partition coefficient (Wildman–Crippen LogP) is 3.34. The molecule has 3 rings (SSSR count). The summed E-state index contributed by atoms with van der Waals surface area (Å²) >= 11 is 0. The average molecular weight is 442 g/mol. The van der Waals surface area contributed by atoms with E-state index in [1.165, 1.54) is 0 Å². The molecular weight excluding hydrogens is 410 g/mol. The second-order valence-corrected chi connectivity index (χ2v) is 7.27. The van der Waals surface area contributed by atoms with Crippen molar-refractivity contribution in [2.45, 2.75) is 0 Å². The summed E-state index contributed by atoms with van der Waals surface area (Å²) in [4.78, 5) is 14.7. The van der Waals surface area contributed by atoms with Gasteiger partial charge in [0, 0.05) is 32.2 Å². The molecule has 172 valence electrons. The van der Waals surface area contributed by atoms with Crippen LogP contribution in [0, 0.1) is 0 Å². The number of ether oxygens (including phenoxy) is 4. The first-order chi connectivity index (χ1) is 15.6. The molecule has 32 heavy (non-hydrogen) atoms. The second kappa shape index (κ2) is 12.0. The Balaban J connectivity index is 1.63. The van der Waals surface area contributed by atoms with E-state index >= 15 is 0 Å². The van der Waals surface area contributed by atoms with Crippen LogP contribution in [0.4, 0.5) is 10.5 Å². The van der Waals surface area contributed by atoms with Crippen molar-refractivity contribution in [2.24, 2.45) is 0 Å². The first kappa shape index (κ1) is 23.4. The minimum absolute atomic E-state index is 0.268. The largest absolute Gasteiger partial charge is 0.497 e. The first-order valence-electron chi connectivity index (χ1n) is 10.6. The molecule has 2 amide bonds. The fourth-order valence-corrected chi connectivity index (χ4v) is 3.36. The maximum absolute atomic E-state index is 12.4. The molecule has 2 N–H and O–H groups in total. The average Bonchev–Trinajstić information content (AvgIpc) is 2.83. The Morgan fingerprint density at radius 3 is 2.31 bits per heavy atom. The van der Waals surface area contributed by atoms with E-state index in [0.717, 1.165) is 55.5 Å². The van der Waals surface area contributed by atoms with E-state index in [9.17, 15) is 4.79 Å². The van der Waals surface area contributed by atoms with Crippen LogP contribution in [0.3, 0.4) is 0 Å².